The van der Waals surface area contributed by atoms with Gasteiger partial charge in [-0.3, -0.25) is 0 Å². The molecule has 0 aromatic heterocycles. The molecule has 2 N–H and O–H groups in total. The van der Waals surface area contributed by atoms with Crippen LogP contribution in [0.15, 0.2) is 24.3 Å². The van der Waals surface area contributed by atoms with Gasteiger partial charge in [-0.15, -0.1) is 12.4 Å². The lowest BCUT2D eigenvalue weighted by molar-refractivity contribution is 0.0600. The minimum Gasteiger partial charge on any atom is -0.494 e. The normalized spacial score (nSPS) is 9.12. The zero-order valence-electron chi connectivity index (χ0n) is 9.14. The number of carbonyl (C=O) groups excluding carboxylic acids is 1. The fraction of sp³-hybridized carbons (Fsp3) is 0.364. The fourth-order valence-corrected chi connectivity index (χ4v) is 1.10. The molecule has 1 aromatic rings. The van der Waals surface area contributed by atoms with Crippen molar-refractivity contribution in [2.45, 2.75) is 6.42 Å². The Balaban J connectivity index is 0.00000225. The first-order valence-corrected chi connectivity index (χ1v) is 4.79. The molecule has 0 bridgehead atoms. The summed E-state index contributed by atoms with van der Waals surface area (Å²) in [4.78, 5) is 11.2. The Morgan fingerprint density at radius 2 is 2.19 bits per heavy atom. The van der Waals surface area contributed by atoms with Crippen molar-refractivity contribution in [3.63, 3.8) is 0 Å². The summed E-state index contributed by atoms with van der Waals surface area (Å²) in [5.74, 6) is 0.297. The van der Waals surface area contributed by atoms with E-state index in [2.05, 4.69) is 4.74 Å². The number of hydrogen-bond donors (Lipinski definition) is 1. The highest BCUT2D eigenvalue weighted by Crippen LogP contribution is 2.14. The van der Waals surface area contributed by atoms with Crippen LogP contribution in [0.2, 0.25) is 0 Å². The second-order valence-electron chi connectivity index (χ2n) is 3.01. The Kier molecular flexibility index (Phi) is 7.33. The van der Waals surface area contributed by atoms with Gasteiger partial charge >= 0.3 is 5.97 Å². The number of ether oxygens (including phenoxy) is 2. The number of methoxy groups -OCH3 is 1. The highest BCUT2D eigenvalue weighted by atomic mass is 35.5. The lowest BCUT2D eigenvalue weighted by Gasteiger charge is -2.06. The van der Waals surface area contributed by atoms with E-state index in [0.717, 1.165) is 6.42 Å². The summed E-state index contributed by atoms with van der Waals surface area (Å²) in [5, 5.41) is 0. The molecule has 0 amide bonds. The first-order chi connectivity index (χ1) is 7.27. The van der Waals surface area contributed by atoms with Crippen molar-refractivity contribution < 1.29 is 14.3 Å². The third-order valence-electron chi connectivity index (χ3n) is 1.87. The highest BCUT2D eigenvalue weighted by molar-refractivity contribution is 5.89. The van der Waals surface area contributed by atoms with Crippen LogP contribution in [0, 0.1) is 0 Å². The summed E-state index contributed by atoms with van der Waals surface area (Å²) in [6.07, 6.45) is 0.794. The van der Waals surface area contributed by atoms with Crippen LogP contribution in [0.25, 0.3) is 0 Å². The second-order valence-corrected chi connectivity index (χ2v) is 3.01. The third kappa shape index (κ3) is 4.51. The molecule has 0 aliphatic heterocycles. The van der Waals surface area contributed by atoms with Gasteiger partial charge in [-0.05, 0) is 31.2 Å². The number of carbonyl (C=O) groups is 1. The van der Waals surface area contributed by atoms with E-state index in [4.69, 9.17) is 10.5 Å². The van der Waals surface area contributed by atoms with Gasteiger partial charge in [-0.1, -0.05) is 6.07 Å². The predicted molar refractivity (Wildman–Crippen MR) is 64.2 cm³/mol. The van der Waals surface area contributed by atoms with Gasteiger partial charge in [0, 0.05) is 0 Å². The van der Waals surface area contributed by atoms with Crippen molar-refractivity contribution in [1.82, 2.24) is 0 Å². The summed E-state index contributed by atoms with van der Waals surface area (Å²) >= 11 is 0. The summed E-state index contributed by atoms with van der Waals surface area (Å²) in [6, 6.07) is 6.89. The second kappa shape index (κ2) is 7.96. The minimum atomic E-state index is -0.362. The Morgan fingerprint density at radius 3 is 2.81 bits per heavy atom. The number of esters is 1. The molecule has 0 aliphatic carbocycles. The molecule has 4 nitrogen and oxygen atoms in total. The van der Waals surface area contributed by atoms with Crippen molar-refractivity contribution in [3.8, 4) is 5.75 Å². The van der Waals surface area contributed by atoms with Crippen LogP contribution in [-0.2, 0) is 4.74 Å². The van der Waals surface area contributed by atoms with Crippen LogP contribution >= 0.6 is 12.4 Å². The SMILES string of the molecule is COC(=O)c1cccc(OCCCN)c1.Cl. The summed E-state index contributed by atoms with van der Waals surface area (Å²) < 4.78 is 10.00. The van der Waals surface area contributed by atoms with Crippen LogP contribution in [0.1, 0.15) is 16.8 Å². The van der Waals surface area contributed by atoms with Gasteiger partial charge in [-0.2, -0.15) is 0 Å². The van der Waals surface area contributed by atoms with E-state index in [1.54, 1.807) is 24.3 Å². The molecule has 0 heterocycles. The quantitative estimate of drug-likeness (QED) is 0.633. The zero-order valence-corrected chi connectivity index (χ0v) is 9.96. The van der Waals surface area contributed by atoms with Gasteiger partial charge in [0.2, 0.25) is 0 Å². The van der Waals surface area contributed by atoms with Crippen molar-refractivity contribution in [1.29, 1.82) is 0 Å². The standard InChI is InChI=1S/C11H15NO3.ClH/c1-14-11(13)9-4-2-5-10(8-9)15-7-3-6-12;/h2,4-5,8H,3,6-7,12H2,1H3;1H. The zero-order chi connectivity index (χ0) is 11.1. The number of halogens is 1. The molecule has 0 saturated heterocycles. The number of benzene rings is 1. The molecule has 0 fully saturated rings. The van der Waals surface area contributed by atoms with Gasteiger partial charge in [0.05, 0.1) is 19.3 Å². The molecule has 1 rings (SSSR count). The molecular weight excluding hydrogens is 230 g/mol. The maximum Gasteiger partial charge on any atom is 0.337 e. The van der Waals surface area contributed by atoms with E-state index in [-0.39, 0.29) is 18.4 Å². The molecule has 0 atom stereocenters. The molecule has 0 spiro atoms. The van der Waals surface area contributed by atoms with E-state index in [0.29, 0.717) is 24.5 Å². The molecule has 0 aliphatic rings. The third-order valence-corrected chi connectivity index (χ3v) is 1.87. The van der Waals surface area contributed by atoms with Gasteiger partial charge in [0.25, 0.3) is 0 Å². The smallest absolute Gasteiger partial charge is 0.337 e. The van der Waals surface area contributed by atoms with Gasteiger partial charge < -0.3 is 15.2 Å². The first kappa shape index (κ1) is 14.7. The number of nitrogens with two attached hydrogens (primary N) is 1. The Labute approximate surface area is 101 Å². The van der Waals surface area contributed by atoms with E-state index in [1.165, 1.54) is 7.11 Å². The lowest BCUT2D eigenvalue weighted by atomic mass is 10.2. The highest BCUT2D eigenvalue weighted by Gasteiger charge is 2.05. The van der Waals surface area contributed by atoms with E-state index < -0.39 is 0 Å². The monoisotopic (exact) mass is 245 g/mol. The molecule has 0 saturated carbocycles. The maximum absolute atomic E-state index is 11.2. The maximum atomic E-state index is 11.2. The number of rotatable bonds is 5. The summed E-state index contributed by atoms with van der Waals surface area (Å²) in [7, 11) is 1.35. The van der Waals surface area contributed by atoms with Gasteiger partial charge in [0.15, 0.2) is 0 Å². The van der Waals surface area contributed by atoms with Gasteiger partial charge in [-0.25, -0.2) is 4.79 Å². The molecule has 5 heteroatoms. The lowest BCUT2D eigenvalue weighted by Crippen LogP contribution is -2.07. The topological polar surface area (TPSA) is 61.5 Å². The van der Waals surface area contributed by atoms with Crippen LogP contribution in [0.4, 0.5) is 0 Å². The van der Waals surface area contributed by atoms with Crippen molar-refractivity contribution in [2.75, 3.05) is 20.3 Å². The van der Waals surface area contributed by atoms with Crippen molar-refractivity contribution in [2.24, 2.45) is 5.73 Å². The van der Waals surface area contributed by atoms with Crippen molar-refractivity contribution >= 4 is 18.4 Å². The largest absolute Gasteiger partial charge is 0.494 e. The molecule has 1 aromatic carbocycles. The molecule has 90 valence electrons. The molecular formula is C11H16ClNO3. The molecule has 0 radical (unpaired) electrons. The molecule has 0 unspecified atom stereocenters. The van der Waals surface area contributed by atoms with Gasteiger partial charge in [0.1, 0.15) is 5.75 Å². The fourth-order valence-electron chi connectivity index (χ4n) is 1.10. The van der Waals surface area contributed by atoms with Crippen LogP contribution in [0.3, 0.4) is 0 Å². The van der Waals surface area contributed by atoms with Crippen molar-refractivity contribution in [3.05, 3.63) is 29.8 Å². The summed E-state index contributed by atoms with van der Waals surface area (Å²) in [5.41, 5.74) is 5.83. The minimum absolute atomic E-state index is 0. The Bertz CT molecular complexity index is 331. The van der Waals surface area contributed by atoms with E-state index in [9.17, 15) is 4.79 Å². The first-order valence-electron chi connectivity index (χ1n) is 4.79. The molecule has 16 heavy (non-hydrogen) atoms. The average Bonchev–Trinajstić information content (AvgIpc) is 2.29. The Morgan fingerprint density at radius 1 is 1.44 bits per heavy atom. The van der Waals surface area contributed by atoms with E-state index >= 15 is 0 Å². The van der Waals surface area contributed by atoms with Crippen LogP contribution in [-0.4, -0.2) is 26.2 Å². The Hall–Kier alpha value is -1.26. The average molecular weight is 246 g/mol. The van der Waals surface area contributed by atoms with Crippen LogP contribution in [0.5, 0.6) is 5.75 Å². The number of hydrogen-bond acceptors (Lipinski definition) is 4. The summed E-state index contributed by atoms with van der Waals surface area (Å²) in [6.45, 7) is 1.15. The van der Waals surface area contributed by atoms with E-state index in [1.807, 2.05) is 0 Å². The van der Waals surface area contributed by atoms with Crippen LogP contribution < -0.4 is 10.5 Å². The predicted octanol–water partition coefficient (Wildman–Crippen LogP) is 1.62.